The first-order valence-corrected chi connectivity index (χ1v) is 12.9. The molecular formula is C24H24N2O9S. The second-order valence-corrected chi connectivity index (χ2v) is 10.1. The lowest BCUT2D eigenvalue weighted by Crippen LogP contribution is -2.46. The number of aromatic hydroxyl groups is 2. The number of amides is 1. The summed E-state index contributed by atoms with van der Waals surface area (Å²) in [4.78, 5) is 39.6. The van der Waals surface area contributed by atoms with E-state index in [1.54, 1.807) is 24.3 Å². The number of hydrogen-bond acceptors (Lipinski definition) is 9. The molecule has 190 valence electrons. The number of benzene rings is 2. The molecule has 5 rings (SSSR count). The van der Waals surface area contributed by atoms with Crippen LogP contribution >= 0.6 is 0 Å². The monoisotopic (exact) mass is 516 g/mol. The molecule has 1 aliphatic heterocycles. The van der Waals surface area contributed by atoms with Crippen LogP contribution in [0.15, 0.2) is 28.7 Å². The smallest absolute Gasteiger partial charge is 0.261 e. The van der Waals surface area contributed by atoms with Crippen LogP contribution in [-0.2, 0) is 10.1 Å². The van der Waals surface area contributed by atoms with E-state index < -0.39 is 39.1 Å². The number of aryl methyl sites for hydroxylation is 1. The number of ketones is 2. The van der Waals surface area contributed by atoms with Crippen molar-refractivity contribution in [2.75, 3.05) is 19.3 Å². The third kappa shape index (κ3) is 4.57. The molecule has 0 saturated carbocycles. The summed E-state index contributed by atoms with van der Waals surface area (Å²) in [7, 11) is -3.67. The summed E-state index contributed by atoms with van der Waals surface area (Å²) in [6.45, 7) is 3.00. The minimum atomic E-state index is -3.67. The van der Waals surface area contributed by atoms with Gasteiger partial charge < -0.3 is 25.3 Å². The molecule has 0 radical (unpaired) electrons. The summed E-state index contributed by atoms with van der Waals surface area (Å²) in [5.41, 5.74) is -0.827. The predicted molar refractivity (Wildman–Crippen MR) is 128 cm³/mol. The molecule has 2 aliphatic rings. The Kier molecular flexibility index (Phi) is 6.60. The van der Waals surface area contributed by atoms with E-state index in [-0.39, 0.29) is 50.6 Å². The Morgan fingerprint density at radius 1 is 1.06 bits per heavy atom. The Morgan fingerprint density at radius 3 is 2.14 bits per heavy atom. The van der Waals surface area contributed by atoms with Crippen molar-refractivity contribution in [1.29, 1.82) is 0 Å². The predicted octanol–water partition coefficient (Wildman–Crippen LogP) is 1.91. The molecule has 1 saturated heterocycles. The average Bonchev–Trinajstić information content (AvgIpc) is 3.17. The van der Waals surface area contributed by atoms with Gasteiger partial charge in [0.2, 0.25) is 11.6 Å². The van der Waals surface area contributed by atoms with E-state index in [0.717, 1.165) is 19.4 Å². The standard InChI is InChI=1S/C23H20N2O6.CH4O3S/c1-10-14(23(30)25-11-5-4-8-24-9-11)17-20(28)15-16(21(29)22(17)31-10)19(27)13-7-3-2-6-12(13)18(15)26;1-5(2,3)4/h2-3,6-7,11,24,26-27H,4-5,8-9H2,1H3,(H,25,30);1H3,(H,2,3,4). The number of phenolic OH excluding ortho intramolecular Hbond substituents is 2. The summed E-state index contributed by atoms with van der Waals surface area (Å²) in [5.74, 6) is -2.96. The van der Waals surface area contributed by atoms with Crippen LogP contribution < -0.4 is 10.6 Å². The zero-order valence-corrected chi connectivity index (χ0v) is 20.2. The second kappa shape index (κ2) is 9.37. The first-order chi connectivity index (χ1) is 16.9. The number of carbonyl (C=O) groups excluding carboxylic acids is 3. The number of phenols is 2. The van der Waals surface area contributed by atoms with Gasteiger partial charge >= 0.3 is 0 Å². The first-order valence-electron chi connectivity index (χ1n) is 11.0. The minimum absolute atomic E-state index is 0.0170. The van der Waals surface area contributed by atoms with Gasteiger partial charge in [-0.2, -0.15) is 8.42 Å². The highest BCUT2D eigenvalue weighted by molar-refractivity contribution is 7.85. The van der Waals surface area contributed by atoms with Gasteiger partial charge in [-0.25, -0.2) is 0 Å². The van der Waals surface area contributed by atoms with Crippen molar-refractivity contribution in [3.8, 4) is 11.5 Å². The number of carbonyl (C=O) groups is 3. The maximum absolute atomic E-state index is 13.4. The number of nitrogens with one attached hydrogen (secondary N) is 2. The van der Waals surface area contributed by atoms with Crippen LogP contribution in [0.5, 0.6) is 11.5 Å². The number of piperidine rings is 1. The third-order valence-corrected chi connectivity index (χ3v) is 5.99. The van der Waals surface area contributed by atoms with Crippen molar-refractivity contribution < 1.29 is 42.0 Å². The lowest BCUT2D eigenvalue weighted by atomic mass is 9.83. The van der Waals surface area contributed by atoms with Crippen LogP contribution in [0.3, 0.4) is 0 Å². The van der Waals surface area contributed by atoms with Gasteiger partial charge in [-0.15, -0.1) is 0 Å². The Labute approximate surface area is 205 Å². The van der Waals surface area contributed by atoms with Crippen LogP contribution in [0.2, 0.25) is 0 Å². The van der Waals surface area contributed by atoms with Crippen molar-refractivity contribution in [2.24, 2.45) is 0 Å². The van der Waals surface area contributed by atoms with Crippen LogP contribution in [0.1, 0.15) is 61.0 Å². The number of rotatable bonds is 2. The highest BCUT2D eigenvalue weighted by atomic mass is 32.2. The highest BCUT2D eigenvalue weighted by Crippen LogP contribution is 2.45. The van der Waals surface area contributed by atoms with Gasteiger partial charge in [0.05, 0.1) is 28.5 Å². The van der Waals surface area contributed by atoms with E-state index in [0.29, 0.717) is 12.8 Å². The lowest BCUT2D eigenvalue weighted by molar-refractivity contribution is 0.0919. The molecular weight excluding hydrogens is 492 g/mol. The zero-order chi connectivity index (χ0) is 26.4. The molecule has 36 heavy (non-hydrogen) atoms. The number of fused-ring (bicyclic) bond motifs is 3. The van der Waals surface area contributed by atoms with E-state index >= 15 is 0 Å². The summed E-state index contributed by atoms with van der Waals surface area (Å²) in [5, 5.41) is 28.1. The Bertz CT molecular complexity index is 1510. The third-order valence-electron chi connectivity index (χ3n) is 5.99. The van der Waals surface area contributed by atoms with E-state index in [4.69, 9.17) is 8.97 Å². The fraction of sp³-hybridized carbons (Fsp3) is 0.292. The summed E-state index contributed by atoms with van der Waals surface area (Å²) >= 11 is 0. The molecule has 1 unspecified atom stereocenters. The van der Waals surface area contributed by atoms with Crippen molar-refractivity contribution in [1.82, 2.24) is 10.6 Å². The molecule has 11 nitrogen and oxygen atoms in total. The molecule has 2 heterocycles. The van der Waals surface area contributed by atoms with Gasteiger partial charge in [0.15, 0.2) is 5.76 Å². The van der Waals surface area contributed by atoms with Crippen LogP contribution in [0.25, 0.3) is 10.8 Å². The van der Waals surface area contributed by atoms with E-state index in [1.165, 1.54) is 6.92 Å². The molecule has 2 aromatic carbocycles. The van der Waals surface area contributed by atoms with Crippen molar-refractivity contribution in [3.05, 3.63) is 58.0 Å². The van der Waals surface area contributed by atoms with Crippen molar-refractivity contribution >= 4 is 38.4 Å². The quantitative estimate of drug-likeness (QED) is 0.195. The fourth-order valence-corrected chi connectivity index (χ4v) is 4.51. The second-order valence-electron chi connectivity index (χ2n) is 8.64. The Morgan fingerprint density at radius 2 is 1.61 bits per heavy atom. The largest absolute Gasteiger partial charge is 0.506 e. The maximum Gasteiger partial charge on any atom is 0.261 e. The molecule has 1 aliphatic carbocycles. The van der Waals surface area contributed by atoms with Gasteiger partial charge in [0, 0.05) is 23.4 Å². The van der Waals surface area contributed by atoms with Gasteiger partial charge in [-0.1, -0.05) is 24.3 Å². The topological polar surface area (TPSA) is 183 Å². The van der Waals surface area contributed by atoms with Crippen LogP contribution in [-0.4, -0.2) is 66.0 Å². The van der Waals surface area contributed by atoms with Gasteiger partial charge in [0.1, 0.15) is 17.3 Å². The van der Waals surface area contributed by atoms with Gasteiger partial charge in [-0.3, -0.25) is 18.9 Å². The minimum Gasteiger partial charge on any atom is -0.506 e. The summed E-state index contributed by atoms with van der Waals surface area (Å²) < 4.78 is 31.4. The zero-order valence-electron chi connectivity index (χ0n) is 19.4. The lowest BCUT2D eigenvalue weighted by Gasteiger charge is -2.24. The van der Waals surface area contributed by atoms with E-state index in [1.807, 2.05) is 0 Å². The SMILES string of the molecule is CS(=O)(=O)O.Cc1oc2c(c1C(=O)NC1CCCNC1)C(=O)c1c(c(O)c3ccccc3c1O)C2=O. The van der Waals surface area contributed by atoms with Gasteiger partial charge in [-0.05, 0) is 26.3 Å². The Balaban J connectivity index is 0.000000556. The van der Waals surface area contributed by atoms with Crippen LogP contribution in [0.4, 0.5) is 0 Å². The molecule has 0 spiro atoms. The summed E-state index contributed by atoms with van der Waals surface area (Å²) in [6.07, 6.45) is 2.43. The number of hydrogen-bond donors (Lipinski definition) is 5. The molecule has 3 aromatic rings. The molecule has 5 N–H and O–H groups in total. The van der Waals surface area contributed by atoms with Gasteiger partial charge in [0.25, 0.3) is 16.0 Å². The van der Waals surface area contributed by atoms with Crippen molar-refractivity contribution in [3.63, 3.8) is 0 Å². The first kappa shape index (κ1) is 25.4. The fourth-order valence-electron chi connectivity index (χ4n) is 4.51. The molecule has 12 heteroatoms. The maximum atomic E-state index is 13.4. The molecule has 1 fully saturated rings. The number of furan rings is 1. The average molecular weight is 517 g/mol. The van der Waals surface area contributed by atoms with E-state index in [2.05, 4.69) is 10.6 Å². The molecule has 0 bridgehead atoms. The normalized spacial score (nSPS) is 17.1. The highest BCUT2D eigenvalue weighted by Gasteiger charge is 2.42. The van der Waals surface area contributed by atoms with Crippen molar-refractivity contribution in [2.45, 2.75) is 25.8 Å². The van der Waals surface area contributed by atoms with Crippen LogP contribution in [0, 0.1) is 6.92 Å². The molecule has 1 amide bonds. The molecule has 1 aromatic heterocycles. The van der Waals surface area contributed by atoms with E-state index in [9.17, 15) is 33.0 Å². The molecule has 1 atom stereocenters. The summed E-state index contributed by atoms with van der Waals surface area (Å²) in [6, 6.07) is 6.28. The Hall–Kier alpha value is -3.74.